The van der Waals surface area contributed by atoms with Crippen LogP contribution in [0.2, 0.25) is 0 Å². The van der Waals surface area contributed by atoms with Gasteiger partial charge in [-0.1, -0.05) is 12.5 Å². The molecule has 0 saturated carbocycles. The number of aromatic nitrogens is 4. The first kappa shape index (κ1) is 18.2. The van der Waals surface area contributed by atoms with Gasteiger partial charge in [0, 0.05) is 38.1 Å². The fourth-order valence-electron chi connectivity index (χ4n) is 3.37. The Kier molecular flexibility index (Phi) is 5.84. The van der Waals surface area contributed by atoms with Gasteiger partial charge in [-0.05, 0) is 53.5 Å². The molecule has 1 fully saturated rings. The van der Waals surface area contributed by atoms with Gasteiger partial charge in [-0.3, -0.25) is 4.98 Å². The van der Waals surface area contributed by atoms with Gasteiger partial charge < -0.3 is 15.5 Å². The number of anilines is 2. The highest BCUT2D eigenvalue weighted by Crippen LogP contribution is 2.22. The second-order valence-electron chi connectivity index (χ2n) is 6.80. The van der Waals surface area contributed by atoms with E-state index in [1.807, 2.05) is 22.8 Å². The second kappa shape index (κ2) is 8.67. The number of pyridine rings is 1. The summed E-state index contributed by atoms with van der Waals surface area (Å²) in [6.45, 7) is 5.03. The van der Waals surface area contributed by atoms with Crippen molar-refractivity contribution >= 4 is 33.2 Å². The molecule has 2 N–H and O–H groups in total. The van der Waals surface area contributed by atoms with E-state index in [-0.39, 0.29) is 0 Å². The number of fused-ring (bicyclic) bond motifs is 1. The molecule has 8 heteroatoms. The number of hydrogen-bond acceptors (Lipinski definition) is 6. The summed E-state index contributed by atoms with van der Waals surface area (Å²) in [5.41, 5.74) is 1.92. The van der Waals surface area contributed by atoms with Crippen molar-refractivity contribution in [3.05, 3.63) is 46.8 Å². The van der Waals surface area contributed by atoms with Gasteiger partial charge in [0.05, 0.1) is 10.7 Å². The molecule has 0 amide bonds. The third-order valence-corrected chi connectivity index (χ3v) is 5.37. The molecule has 0 radical (unpaired) electrons. The lowest BCUT2D eigenvalue weighted by atomic mass is 10.1. The molecule has 0 aromatic carbocycles. The van der Waals surface area contributed by atoms with E-state index < -0.39 is 0 Å². The minimum atomic E-state index is 0.678. The number of hydrogen-bond donors (Lipinski definition) is 2. The van der Waals surface area contributed by atoms with Crippen LogP contribution in [0.3, 0.4) is 0 Å². The van der Waals surface area contributed by atoms with Gasteiger partial charge in [0.15, 0.2) is 5.65 Å². The predicted molar refractivity (Wildman–Crippen MR) is 111 cm³/mol. The number of rotatable bonds is 7. The molecule has 4 rings (SSSR count). The lowest BCUT2D eigenvalue weighted by molar-refractivity contribution is 0.237. The number of nitrogens with zero attached hydrogens (tertiary/aromatic N) is 5. The predicted octanol–water partition coefficient (Wildman–Crippen LogP) is 3.40. The van der Waals surface area contributed by atoms with Gasteiger partial charge in [0.25, 0.3) is 0 Å². The first-order valence-electron chi connectivity index (χ1n) is 9.43. The SMILES string of the molecule is Brc1cnn2c(NCc3cccnc3)cc(NCCN3CCCCC3)nc12. The Hall–Kier alpha value is -2.19. The van der Waals surface area contributed by atoms with Gasteiger partial charge in [-0.15, -0.1) is 0 Å². The van der Waals surface area contributed by atoms with Gasteiger partial charge >= 0.3 is 0 Å². The maximum absolute atomic E-state index is 4.70. The van der Waals surface area contributed by atoms with Crippen molar-refractivity contribution in [2.75, 3.05) is 36.8 Å². The number of nitrogens with one attached hydrogen (secondary N) is 2. The quantitative estimate of drug-likeness (QED) is 0.599. The fourth-order valence-corrected chi connectivity index (χ4v) is 3.72. The van der Waals surface area contributed by atoms with E-state index in [0.717, 1.165) is 40.4 Å². The average molecular weight is 430 g/mol. The molecule has 27 heavy (non-hydrogen) atoms. The number of halogens is 1. The molecular weight excluding hydrogens is 406 g/mol. The topological polar surface area (TPSA) is 70.4 Å². The van der Waals surface area contributed by atoms with Crippen LogP contribution in [0.5, 0.6) is 0 Å². The first-order chi connectivity index (χ1) is 13.3. The molecule has 3 aromatic rings. The van der Waals surface area contributed by atoms with Crippen molar-refractivity contribution < 1.29 is 0 Å². The fraction of sp³-hybridized carbons (Fsp3) is 0.421. The van der Waals surface area contributed by atoms with Gasteiger partial charge in [0.1, 0.15) is 11.6 Å². The van der Waals surface area contributed by atoms with Crippen molar-refractivity contribution in [1.29, 1.82) is 0 Å². The van der Waals surface area contributed by atoms with Crippen molar-refractivity contribution in [2.45, 2.75) is 25.8 Å². The number of likely N-dealkylation sites (tertiary alicyclic amines) is 1. The van der Waals surface area contributed by atoms with Crippen LogP contribution in [-0.4, -0.2) is 50.7 Å². The van der Waals surface area contributed by atoms with Crippen molar-refractivity contribution in [3.8, 4) is 0 Å². The Morgan fingerprint density at radius 3 is 2.81 bits per heavy atom. The van der Waals surface area contributed by atoms with E-state index in [9.17, 15) is 0 Å². The maximum atomic E-state index is 4.70. The van der Waals surface area contributed by atoms with Crippen LogP contribution in [0.1, 0.15) is 24.8 Å². The summed E-state index contributed by atoms with van der Waals surface area (Å²) in [7, 11) is 0. The van der Waals surface area contributed by atoms with Crippen LogP contribution in [0.15, 0.2) is 41.3 Å². The highest BCUT2D eigenvalue weighted by Gasteiger charge is 2.12. The first-order valence-corrected chi connectivity index (χ1v) is 10.2. The molecule has 7 nitrogen and oxygen atoms in total. The van der Waals surface area contributed by atoms with E-state index in [0.29, 0.717) is 6.54 Å². The Labute approximate surface area is 167 Å². The van der Waals surface area contributed by atoms with Crippen LogP contribution < -0.4 is 10.6 Å². The zero-order chi connectivity index (χ0) is 18.5. The van der Waals surface area contributed by atoms with E-state index in [1.165, 1.54) is 32.4 Å². The molecule has 0 atom stereocenters. The summed E-state index contributed by atoms with van der Waals surface area (Å²) in [6, 6.07) is 6.01. The highest BCUT2D eigenvalue weighted by atomic mass is 79.9. The molecule has 0 aliphatic carbocycles. The summed E-state index contributed by atoms with van der Waals surface area (Å²) in [5, 5.41) is 11.3. The molecule has 0 bridgehead atoms. The third-order valence-electron chi connectivity index (χ3n) is 4.81. The molecule has 0 spiro atoms. The average Bonchev–Trinajstić information content (AvgIpc) is 3.09. The summed E-state index contributed by atoms with van der Waals surface area (Å²) in [6.07, 6.45) is 9.41. The molecule has 1 aliphatic rings. The summed E-state index contributed by atoms with van der Waals surface area (Å²) in [5.74, 6) is 1.75. The molecular formula is C19H24BrN7. The molecule has 3 aromatic heterocycles. The standard InChI is InChI=1S/C19H24BrN7/c20-16-14-24-27-18(23-13-15-5-4-6-21-12-15)11-17(25-19(16)27)22-7-10-26-8-2-1-3-9-26/h4-6,11-12,14,23H,1-3,7-10,13H2,(H,22,25). The van der Waals surface area contributed by atoms with Gasteiger partial charge in [-0.25, -0.2) is 4.98 Å². The van der Waals surface area contributed by atoms with Crippen molar-refractivity contribution in [3.63, 3.8) is 0 Å². The molecule has 0 unspecified atom stereocenters. The molecule has 142 valence electrons. The Balaban J connectivity index is 1.46. The van der Waals surface area contributed by atoms with Gasteiger partial charge in [-0.2, -0.15) is 9.61 Å². The summed E-state index contributed by atoms with van der Waals surface area (Å²) in [4.78, 5) is 11.4. The molecule has 4 heterocycles. The second-order valence-corrected chi connectivity index (χ2v) is 7.65. The zero-order valence-corrected chi connectivity index (χ0v) is 16.8. The summed E-state index contributed by atoms with van der Waals surface area (Å²) < 4.78 is 2.70. The monoisotopic (exact) mass is 429 g/mol. The minimum Gasteiger partial charge on any atom is -0.369 e. The maximum Gasteiger partial charge on any atom is 0.173 e. The van der Waals surface area contributed by atoms with E-state index in [2.05, 4.69) is 47.6 Å². The summed E-state index contributed by atoms with van der Waals surface area (Å²) >= 11 is 3.54. The van der Waals surface area contributed by atoms with Crippen molar-refractivity contribution in [2.24, 2.45) is 0 Å². The zero-order valence-electron chi connectivity index (χ0n) is 15.2. The van der Waals surface area contributed by atoms with Crippen LogP contribution in [0.25, 0.3) is 5.65 Å². The van der Waals surface area contributed by atoms with Crippen LogP contribution >= 0.6 is 15.9 Å². The van der Waals surface area contributed by atoms with Crippen LogP contribution in [0, 0.1) is 0 Å². The number of piperidine rings is 1. The Morgan fingerprint density at radius 1 is 1.11 bits per heavy atom. The highest BCUT2D eigenvalue weighted by molar-refractivity contribution is 9.10. The van der Waals surface area contributed by atoms with Crippen LogP contribution in [-0.2, 0) is 6.54 Å². The lowest BCUT2D eigenvalue weighted by Gasteiger charge is -2.26. The van der Waals surface area contributed by atoms with E-state index in [4.69, 9.17) is 4.98 Å². The molecule has 1 saturated heterocycles. The Bertz CT molecular complexity index is 874. The smallest absolute Gasteiger partial charge is 0.173 e. The molecule has 1 aliphatic heterocycles. The third kappa shape index (κ3) is 4.56. The Morgan fingerprint density at radius 2 is 2.00 bits per heavy atom. The largest absolute Gasteiger partial charge is 0.369 e. The van der Waals surface area contributed by atoms with Crippen molar-refractivity contribution in [1.82, 2.24) is 24.5 Å². The normalized spacial score (nSPS) is 15.1. The lowest BCUT2D eigenvalue weighted by Crippen LogP contribution is -2.33. The van der Waals surface area contributed by atoms with E-state index >= 15 is 0 Å². The van der Waals surface area contributed by atoms with Crippen LogP contribution in [0.4, 0.5) is 11.6 Å². The van der Waals surface area contributed by atoms with E-state index in [1.54, 1.807) is 12.4 Å². The van der Waals surface area contributed by atoms with Gasteiger partial charge in [0.2, 0.25) is 0 Å². The minimum absolute atomic E-state index is 0.678.